The molecule has 1 aliphatic rings. The summed E-state index contributed by atoms with van der Waals surface area (Å²) in [6.07, 6.45) is 2.75. The van der Waals surface area contributed by atoms with Gasteiger partial charge >= 0.3 is 0 Å². The number of rotatable bonds is 3. The molecule has 78 valence electrons. The van der Waals surface area contributed by atoms with Gasteiger partial charge in [0.05, 0.1) is 12.8 Å². The van der Waals surface area contributed by atoms with Gasteiger partial charge in [0.25, 0.3) is 0 Å². The Balaban J connectivity index is 1.87. The molecule has 0 bridgehead atoms. The smallest absolute Gasteiger partial charge is 0.113 e. The zero-order valence-electron chi connectivity index (χ0n) is 8.05. The zero-order chi connectivity index (χ0) is 10.0. The fourth-order valence-corrected chi connectivity index (χ4v) is 2.36. The maximum Gasteiger partial charge on any atom is 0.113 e. The zero-order valence-corrected chi connectivity index (χ0v) is 9.62. The van der Waals surface area contributed by atoms with Gasteiger partial charge in [-0.3, -0.25) is 0 Å². The first kappa shape index (κ1) is 10.4. The van der Waals surface area contributed by atoms with Crippen molar-refractivity contribution in [3.05, 3.63) is 15.5 Å². The number of halogens is 1. The van der Waals surface area contributed by atoms with Crippen molar-refractivity contribution in [3.63, 3.8) is 0 Å². The lowest BCUT2D eigenvalue weighted by Crippen LogP contribution is -2.42. The first-order valence-electron chi connectivity index (χ1n) is 4.61. The number of ether oxygens (including phenoxy) is 1. The molecular formula is C9H13ClN2OS. The summed E-state index contributed by atoms with van der Waals surface area (Å²) in [5, 5.41) is 4.48. The van der Waals surface area contributed by atoms with Crippen molar-refractivity contribution in [3.8, 4) is 0 Å². The van der Waals surface area contributed by atoms with Crippen molar-refractivity contribution < 1.29 is 4.74 Å². The minimum absolute atomic E-state index is 0.109. The SMILES string of the molecule is CC1(NCc2ncc(Cl)s2)CCOC1. The van der Waals surface area contributed by atoms with Gasteiger partial charge in [0.15, 0.2) is 0 Å². The Morgan fingerprint density at radius 2 is 2.64 bits per heavy atom. The van der Waals surface area contributed by atoms with Crippen LogP contribution in [0.4, 0.5) is 0 Å². The van der Waals surface area contributed by atoms with Crippen LogP contribution in [0.2, 0.25) is 4.34 Å². The molecule has 2 heterocycles. The van der Waals surface area contributed by atoms with Crippen LogP contribution >= 0.6 is 22.9 Å². The standard InChI is InChI=1S/C9H13ClN2OS/c1-9(2-3-13-6-9)12-5-8-11-4-7(10)14-8/h4,12H,2-3,5-6H2,1H3. The molecule has 0 radical (unpaired) electrons. The van der Waals surface area contributed by atoms with Gasteiger partial charge in [-0.15, -0.1) is 11.3 Å². The predicted molar refractivity (Wildman–Crippen MR) is 57.8 cm³/mol. The average Bonchev–Trinajstić information content (AvgIpc) is 2.73. The van der Waals surface area contributed by atoms with Crippen molar-refractivity contribution in [1.29, 1.82) is 0 Å². The van der Waals surface area contributed by atoms with Gasteiger partial charge in [0.1, 0.15) is 9.34 Å². The molecule has 1 N–H and O–H groups in total. The highest BCUT2D eigenvalue weighted by Crippen LogP contribution is 2.21. The molecular weight excluding hydrogens is 220 g/mol. The minimum Gasteiger partial charge on any atom is -0.379 e. The molecule has 3 nitrogen and oxygen atoms in total. The third-order valence-corrected chi connectivity index (χ3v) is 3.53. The normalized spacial score (nSPS) is 27.0. The molecule has 1 saturated heterocycles. The highest BCUT2D eigenvalue weighted by atomic mass is 35.5. The Morgan fingerprint density at radius 3 is 3.21 bits per heavy atom. The van der Waals surface area contributed by atoms with E-state index >= 15 is 0 Å². The lowest BCUT2D eigenvalue weighted by molar-refractivity contribution is 0.171. The number of hydrogen-bond acceptors (Lipinski definition) is 4. The topological polar surface area (TPSA) is 34.2 Å². The maximum atomic E-state index is 5.79. The molecule has 2 rings (SSSR count). The number of aromatic nitrogens is 1. The van der Waals surface area contributed by atoms with Gasteiger partial charge in [0.2, 0.25) is 0 Å². The van der Waals surface area contributed by atoms with Gasteiger partial charge in [0, 0.05) is 18.7 Å². The van der Waals surface area contributed by atoms with Crippen molar-refractivity contribution in [1.82, 2.24) is 10.3 Å². The summed E-state index contributed by atoms with van der Waals surface area (Å²) in [6, 6.07) is 0. The van der Waals surface area contributed by atoms with E-state index in [4.69, 9.17) is 16.3 Å². The molecule has 1 aliphatic heterocycles. The lowest BCUT2D eigenvalue weighted by Gasteiger charge is -2.22. The van der Waals surface area contributed by atoms with Crippen molar-refractivity contribution in [2.75, 3.05) is 13.2 Å². The van der Waals surface area contributed by atoms with Crippen LogP contribution in [0.15, 0.2) is 6.20 Å². The molecule has 1 atom stereocenters. The summed E-state index contributed by atoms with van der Waals surface area (Å²) in [5.41, 5.74) is 0.109. The van der Waals surface area contributed by atoms with Crippen LogP contribution < -0.4 is 5.32 Å². The molecule has 1 unspecified atom stereocenters. The summed E-state index contributed by atoms with van der Waals surface area (Å²) < 4.78 is 6.09. The van der Waals surface area contributed by atoms with Gasteiger partial charge in [-0.1, -0.05) is 11.6 Å². The van der Waals surface area contributed by atoms with Crippen LogP contribution in [0.3, 0.4) is 0 Å². The van der Waals surface area contributed by atoms with Gasteiger partial charge in [-0.25, -0.2) is 4.98 Å². The highest BCUT2D eigenvalue weighted by molar-refractivity contribution is 7.15. The van der Waals surface area contributed by atoms with E-state index in [1.807, 2.05) is 0 Å². The molecule has 1 aromatic rings. The summed E-state index contributed by atoms with van der Waals surface area (Å²) in [4.78, 5) is 4.19. The summed E-state index contributed by atoms with van der Waals surface area (Å²) in [5.74, 6) is 0. The monoisotopic (exact) mass is 232 g/mol. The van der Waals surface area contributed by atoms with E-state index in [0.29, 0.717) is 0 Å². The second-order valence-electron chi connectivity index (χ2n) is 3.77. The fraction of sp³-hybridized carbons (Fsp3) is 0.667. The first-order chi connectivity index (χ1) is 6.68. The molecule has 0 aromatic carbocycles. The molecule has 0 spiro atoms. The molecule has 5 heteroatoms. The van der Waals surface area contributed by atoms with Crippen LogP contribution in [0.25, 0.3) is 0 Å². The summed E-state index contributed by atoms with van der Waals surface area (Å²) >= 11 is 7.31. The van der Waals surface area contributed by atoms with E-state index in [1.54, 1.807) is 6.20 Å². The Hall–Kier alpha value is -0.160. The van der Waals surface area contributed by atoms with Crippen LogP contribution in [-0.2, 0) is 11.3 Å². The van der Waals surface area contributed by atoms with Crippen molar-refractivity contribution in [2.24, 2.45) is 0 Å². The van der Waals surface area contributed by atoms with E-state index in [0.717, 1.165) is 35.5 Å². The van der Waals surface area contributed by atoms with Crippen LogP contribution in [0, 0.1) is 0 Å². The highest BCUT2D eigenvalue weighted by Gasteiger charge is 2.28. The van der Waals surface area contributed by atoms with Crippen molar-refractivity contribution >= 4 is 22.9 Å². The molecule has 1 aromatic heterocycles. The third kappa shape index (κ3) is 2.45. The van der Waals surface area contributed by atoms with Gasteiger partial charge < -0.3 is 10.1 Å². The molecule has 1 fully saturated rings. The van der Waals surface area contributed by atoms with E-state index in [2.05, 4.69) is 17.2 Å². The largest absolute Gasteiger partial charge is 0.379 e. The average molecular weight is 233 g/mol. The van der Waals surface area contributed by atoms with Crippen LogP contribution in [-0.4, -0.2) is 23.7 Å². The second-order valence-corrected chi connectivity index (χ2v) is 5.52. The van der Waals surface area contributed by atoms with E-state index in [1.165, 1.54) is 11.3 Å². The Kier molecular flexibility index (Phi) is 3.07. The molecule has 14 heavy (non-hydrogen) atoms. The van der Waals surface area contributed by atoms with E-state index in [9.17, 15) is 0 Å². The summed E-state index contributed by atoms with van der Waals surface area (Å²) in [6.45, 7) is 4.58. The third-order valence-electron chi connectivity index (χ3n) is 2.41. The summed E-state index contributed by atoms with van der Waals surface area (Å²) in [7, 11) is 0. The molecule has 0 aliphatic carbocycles. The second kappa shape index (κ2) is 4.14. The van der Waals surface area contributed by atoms with Crippen molar-refractivity contribution in [2.45, 2.75) is 25.4 Å². The Morgan fingerprint density at radius 1 is 1.79 bits per heavy atom. The Bertz CT molecular complexity index is 310. The fourth-order valence-electron chi connectivity index (χ4n) is 1.47. The molecule has 0 amide bonds. The van der Waals surface area contributed by atoms with E-state index in [-0.39, 0.29) is 5.54 Å². The first-order valence-corrected chi connectivity index (χ1v) is 5.80. The van der Waals surface area contributed by atoms with Crippen LogP contribution in [0.1, 0.15) is 18.4 Å². The lowest BCUT2D eigenvalue weighted by atomic mass is 10.0. The Labute approximate surface area is 92.4 Å². The maximum absolute atomic E-state index is 5.79. The van der Waals surface area contributed by atoms with Gasteiger partial charge in [-0.05, 0) is 13.3 Å². The van der Waals surface area contributed by atoms with Crippen LogP contribution in [0.5, 0.6) is 0 Å². The van der Waals surface area contributed by atoms with E-state index < -0.39 is 0 Å². The van der Waals surface area contributed by atoms with Gasteiger partial charge in [-0.2, -0.15) is 0 Å². The predicted octanol–water partition coefficient (Wildman–Crippen LogP) is 2.07. The molecule has 0 saturated carbocycles. The quantitative estimate of drug-likeness (QED) is 0.867. The minimum atomic E-state index is 0.109. The number of thiazole rings is 1. The number of hydrogen-bond donors (Lipinski definition) is 1. The number of nitrogens with zero attached hydrogens (tertiary/aromatic N) is 1. The number of nitrogens with one attached hydrogen (secondary N) is 1.